The molecule has 1 aromatic carbocycles. The molecule has 0 bridgehead atoms. The van der Waals surface area contributed by atoms with Crippen molar-refractivity contribution in [2.75, 3.05) is 0 Å². The number of rotatable bonds is 0. The molecule has 102 valence electrons. The van der Waals surface area contributed by atoms with E-state index in [1.807, 2.05) is 0 Å². The van der Waals surface area contributed by atoms with E-state index in [2.05, 4.69) is 4.98 Å². The lowest BCUT2D eigenvalue weighted by Gasteiger charge is -2.15. The Morgan fingerprint density at radius 1 is 0.842 bits per heavy atom. The molecule has 8 heteroatoms. The first-order valence-electron chi connectivity index (χ1n) is 4.84. The van der Waals surface area contributed by atoms with Gasteiger partial charge in [0.05, 0.1) is 16.2 Å². The molecule has 0 aliphatic rings. The van der Waals surface area contributed by atoms with Crippen molar-refractivity contribution in [2.45, 2.75) is 7.59 Å². The lowest BCUT2D eigenvalue weighted by atomic mass is 10.1. The fraction of sp³-hybridized carbons (Fsp3) is 0.182. The molecular formula is C11H4Cl7N. The summed E-state index contributed by atoms with van der Waals surface area (Å²) in [5.74, 6) is 0. The molecule has 0 spiro atoms. The average molecular weight is 398 g/mol. The highest BCUT2D eigenvalue weighted by Gasteiger charge is 2.27. The van der Waals surface area contributed by atoms with Gasteiger partial charge in [0.15, 0.2) is 0 Å². The Kier molecular flexibility index (Phi) is 4.61. The molecular weight excluding hydrogens is 394 g/mol. The second kappa shape index (κ2) is 5.46. The summed E-state index contributed by atoms with van der Waals surface area (Å²) < 4.78 is -3.18. The first-order chi connectivity index (χ1) is 8.59. The Labute approximate surface area is 144 Å². The fourth-order valence-corrected chi connectivity index (χ4v) is 2.40. The zero-order chi connectivity index (χ0) is 14.4. The van der Waals surface area contributed by atoms with Crippen molar-refractivity contribution in [2.24, 2.45) is 0 Å². The van der Waals surface area contributed by atoms with Gasteiger partial charge >= 0.3 is 0 Å². The minimum absolute atomic E-state index is 0.233. The first-order valence-corrected chi connectivity index (χ1v) is 7.48. The SMILES string of the molecule is Clc1cc(C(Cl)(Cl)Cl)nc2ccc(C(Cl)(Cl)Cl)cc12. The van der Waals surface area contributed by atoms with Crippen molar-refractivity contribution >= 4 is 92.1 Å². The number of halogens is 7. The predicted molar refractivity (Wildman–Crippen MR) is 85.2 cm³/mol. The number of benzene rings is 1. The van der Waals surface area contributed by atoms with Crippen molar-refractivity contribution in [3.8, 4) is 0 Å². The molecule has 1 heterocycles. The third-order valence-corrected chi connectivity index (χ3v) is 3.92. The van der Waals surface area contributed by atoms with E-state index in [1.54, 1.807) is 18.2 Å². The molecule has 2 aromatic rings. The van der Waals surface area contributed by atoms with Crippen LogP contribution in [0.5, 0.6) is 0 Å². The summed E-state index contributed by atoms with van der Waals surface area (Å²) in [5, 5.41) is 0.978. The van der Waals surface area contributed by atoms with Gasteiger partial charge < -0.3 is 0 Å². The van der Waals surface area contributed by atoms with E-state index in [0.717, 1.165) is 0 Å². The molecule has 0 aliphatic heterocycles. The van der Waals surface area contributed by atoms with Gasteiger partial charge in [-0.2, -0.15) is 0 Å². The molecule has 0 unspecified atom stereocenters. The molecule has 0 N–H and O–H groups in total. The first kappa shape index (κ1) is 16.0. The largest absolute Gasteiger partial charge is 0.248 e. The Hall–Kier alpha value is 0.660. The van der Waals surface area contributed by atoms with Gasteiger partial charge in [-0.15, -0.1) is 0 Å². The molecule has 0 saturated carbocycles. The predicted octanol–water partition coefficient (Wildman–Crippen LogP) is 6.54. The van der Waals surface area contributed by atoms with Crippen molar-refractivity contribution in [3.05, 3.63) is 40.5 Å². The van der Waals surface area contributed by atoms with Gasteiger partial charge in [-0.25, -0.2) is 4.98 Å². The third kappa shape index (κ3) is 3.65. The molecule has 0 fully saturated rings. The quantitative estimate of drug-likeness (QED) is 0.459. The zero-order valence-electron chi connectivity index (χ0n) is 8.90. The minimum Gasteiger partial charge on any atom is -0.248 e. The van der Waals surface area contributed by atoms with Crippen molar-refractivity contribution in [1.29, 1.82) is 0 Å². The van der Waals surface area contributed by atoms with Crippen LogP contribution in [0.15, 0.2) is 24.3 Å². The maximum atomic E-state index is 6.15. The zero-order valence-corrected chi connectivity index (χ0v) is 14.2. The molecule has 1 nitrogen and oxygen atoms in total. The molecule has 19 heavy (non-hydrogen) atoms. The van der Waals surface area contributed by atoms with Crippen LogP contribution in [0.3, 0.4) is 0 Å². The van der Waals surface area contributed by atoms with Gasteiger partial charge in [0.2, 0.25) is 7.59 Å². The Morgan fingerprint density at radius 3 is 2.00 bits per heavy atom. The van der Waals surface area contributed by atoms with Crippen LogP contribution in [0.1, 0.15) is 11.3 Å². The third-order valence-electron chi connectivity index (χ3n) is 2.38. The molecule has 0 radical (unpaired) electrons. The van der Waals surface area contributed by atoms with Gasteiger partial charge in [-0.1, -0.05) is 87.3 Å². The number of fused-ring (bicyclic) bond motifs is 1. The van der Waals surface area contributed by atoms with Crippen LogP contribution in [0, 0.1) is 0 Å². The highest BCUT2D eigenvalue weighted by atomic mass is 35.6. The van der Waals surface area contributed by atoms with Gasteiger partial charge in [0, 0.05) is 10.9 Å². The highest BCUT2D eigenvalue weighted by molar-refractivity contribution is 6.67. The lowest BCUT2D eigenvalue weighted by molar-refractivity contribution is 1.12. The van der Waals surface area contributed by atoms with Gasteiger partial charge in [0.1, 0.15) is 0 Å². The van der Waals surface area contributed by atoms with E-state index in [4.69, 9.17) is 81.2 Å². The summed E-state index contributed by atoms with van der Waals surface area (Å²) in [5.41, 5.74) is 1.26. The Bertz CT molecular complexity index is 627. The topological polar surface area (TPSA) is 12.9 Å². The summed E-state index contributed by atoms with van der Waals surface area (Å²) in [6.07, 6.45) is 0. The number of alkyl halides is 6. The maximum Gasteiger partial charge on any atom is 0.232 e. The maximum absolute atomic E-state index is 6.15. The molecule has 2 rings (SSSR count). The van der Waals surface area contributed by atoms with Crippen molar-refractivity contribution in [3.63, 3.8) is 0 Å². The number of nitrogens with zero attached hydrogens (tertiary/aromatic N) is 1. The van der Waals surface area contributed by atoms with Crippen LogP contribution in [-0.2, 0) is 7.59 Å². The second-order valence-electron chi connectivity index (χ2n) is 3.72. The summed E-state index contributed by atoms with van der Waals surface area (Å²) in [6, 6.07) is 6.39. The Morgan fingerprint density at radius 2 is 1.47 bits per heavy atom. The van der Waals surface area contributed by atoms with Crippen LogP contribution < -0.4 is 0 Å². The van der Waals surface area contributed by atoms with Crippen molar-refractivity contribution < 1.29 is 0 Å². The van der Waals surface area contributed by atoms with Crippen LogP contribution in [0.4, 0.5) is 0 Å². The lowest BCUT2D eigenvalue weighted by Crippen LogP contribution is -2.05. The number of aromatic nitrogens is 1. The summed E-state index contributed by atoms with van der Waals surface area (Å²) in [7, 11) is 0. The van der Waals surface area contributed by atoms with E-state index in [1.165, 1.54) is 6.07 Å². The number of pyridine rings is 1. The monoisotopic (exact) mass is 395 g/mol. The van der Waals surface area contributed by atoms with E-state index in [9.17, 15) is 0 Å². The second-order valence-corrected chi connectivity index (χ2v) is 8.69. The van der Waals surface area contributed by atoms with E-state index in [-0.39, 0.29) is 5.69 Å². The van der Waals surface area contributed by atoms with Crippen LogP contribution in [-0.4, -0.2) is 4.98 Å². The standard InChI is InChI=1S/C11H4Cl7N/c12-7-4-9(11(16,17)18)19-8-2-1-5(3-6(7)8)10(13,14)15/h1-4H. The number of hydrogen-bond acceptors (Lipinski definition) is 1. The minimum atomic E-state index is -1.65. The highest BCUT2D eigenvalue weighted by Crippen LogP contribution is 2.42. The molecule has 0 atom stereocenters. The van der Waals surface area contributed by atoms with Crippen LogP contribution >= 0.6 is 81.2 Å². The van der Waals surface area contributed by atoms with E-state index >= 15 is 0 Å². The molecule has 1 aromatic heterocycles. The van der Waals surface area contributed by atoms with Gasteiger partial charge in [-0.3, -0.25) is 0 Å². The summed E-state index contributed by atoms with van der Waals surface area (Å²) in [4.78, 5) is 4.22. The summed E-state index contributed by atoms with van der Waals surface area (Å²) in [6.45, 7) is 0. The molecule has 0 amide bonds. The summed E-state index contributed by atoms with van der Waals surface area (Å²) >= 11 is 40.9. The van der Waals surface area contributed by atoms with E-state index < -0.39 is 7.59 Å². The van der Waals surface area contributed by atoms with Gasteiger partial charge in [0.25, 0.3) is 0 Å². The molecule has 0 saturated heterocycles. The smallest absolute Gasteiger partial charge is 0.232 e. The van der Waals surface area contributed by atoms with E-state index in [0.29, 0.717) is 21.5 Å². The number of hydrogen-bond donors (Lipinski definition) is 0. The average Bonchev–Trinajstić information content (AvgIpc) is 2.26. The van der Waals surface area contributed by atoms with Gasteiger partial charge in [-0.05, 0) is 18.2 Å². The van der Waals surface area contributed by atoms with Crippen LogP contribution in [0.25, 0.3) is 10.9 Å². The van der Waals surface area contributed by atoms with Crippen LogP contribution in [0.2, 0.25) is 5.02 Å². The normalized spacial score (nSPS) is 13.0. The Balaban J connectivity index is 2.67. The fourth-order valence-electron chi connectivity index (χ4n) is 1.51. The molecule has 0 aliphatic carbocycles. The van der Waals surface area contributed by atoms with Crippen molar-refractivity contribution in [1.82, 2.24) is 4.98 Å².